The first kappa shape index (κ1) is 15.8. The second-order valence-corrected chi connectivity index (χ2v) is 6.67. The van der Waals surface area contributed by atoms with Crippen molar-refractivity contribution in [2.75, 3.05) is 6.54 Å². The first-order valence-corrected chi connectivity index (χ1v) is 6.97. The van der Waals surface area contributed by atoms with Crippen LogP contribution in [-0.2, 0) is 4.79 Å². The number of rotatable bonds is 5. The number of carboxylic acids is 1. The smallest absolute Gasteiger partial charge is 0.326 e. The monoisotopic (exact) mass is 270 g/mol. The molecular formula is C14H26N2O3. The van der Waals surface area contributed by atoms with E-state index in [-0.39, 0.29) is 11.4 Å². The summed E-state index contributed by atoms with van der Waals surface area (Å²) in [5, 5.41) is 14.5. The molecule has 0 unspecified atom stereocenters. The molecule has 5 heteroatoms. The number of carbonyl (C=O) groups excluding carboxylic acids is 1. The maximum Gasteiger partial charge on any atom is 0.326 e. The number of hydrogen-bond acceptors (Lipinski definition) is 2. The van der Waals surface area contributed by atoms with Crippen LogP contribution in [0, 0.1) is 10.8 Å². The van der Waals surface area contributed by atoms with E-state index < -0.39 is 17.4 Å². The lowest BCUT2D eigenvalue weighted by atomic mass is 9.67. The van der Waals surface area contributed by atoms with Gasteiger partial charge in [-0.2, -0.15) is 0 Å². The van der Waals surface area contributed by atoms with E-state index in [0.717, 1.165) is 19.3 Å². The molecule has 1 aliphatic rings. The van der Waals surface area contributed by atoms with E-state index in [2.05, 4.69) is 17.6 Å². The Kier molecular flexibility index (Phi) is 4.82. The van der Waals surface area contributed by atoms with Gasteiger partial charge in [0.15, 0.2) is 0 Å². The Bertz CT molecular complexity index is 338. The van der Waals surface area contributed by atoms with Crippen LogP contribution in [0.4, 0.5) is 4.79 Å². The van der Waals surface area contributed by atoms with Gasteiger partial charge in [0.1, 0.15) is 6.04 Å². The van der Waals surface area contributed by atoms with Crippen LogP contribution < -0.4 is 10.6 Å². The van der Waals surface area contributed by atoms with Gasteiger partial charge < -0.3 is 15.7 Å². The molecule has 0 radical (unpaired) electrons. The molecule has 0 aliphatic heterocycles. The standard InChI is InChI=1S/C14H26N2O3/c1-5-14(7-6-8-14)9-15-12(19)16-10(11(17)18)13(2,3)4/h10H,5-9H2,1-4H3,(H,17,18)(H2,15,16,19)/t10-/m1/s1. The highest BCUT2D eigenvalue weighted by atomic mass is 16.4. The van der Waals surface area contributed by atoms with E-state index >= 15 is 0 Å². The van der Waals surface area contributed by atoms with Gasteiger partial charge in [0.05, 0.1) is 0 Å². The fourth-order valence-electron chi connectivity index (χ4n) is 2.43. The second-order valence-electron chi connectivity index (χ2n) is 6.67. The Morgan fingerprint density at radius 2 is 1.89 bits per heavy atom. The largest absolute Gasteiger partial charge is 0.480 e. The minimum atomic E-state index is -1.00. The highest BCUT2D eigenvalue weighted by Crippen LogP contribution is 2.42. The summed E-state index contributed by atoms with van der Waals surface area (Å²) >= 11 is 0. The summed E-state index contributed by atoms with van der Waals surface area (Å²) in [5.41, 5.74) is -0.278. The van der Waals surface area contributed by atoms with Gasteiger partial charge in [-0.3, -0.25) is 0 Å². The molecule has 0 saturated heterocycles. The van der Waals surface area contributed by atoms with Gasteiger partial charge in [-0.1, -0.05) is 34.1 Å². The van der Waals surface area contributed by atoms with E-state index in [9.17, 15) is 9.59 Å². The van der Waals surface area contributed by atoms with Crippen LogP contribution in [0.5, 0.6) is 0 Å². The number of urea groups is 1. The van der Waals surface area contributed by atoms with E-state index in [1.807, 2.05) is 0 Å². The van der Waals surface area contributed by atoms with Crippen molar-refractivity contribution in [3.8, 4) is 0 Å². The van der Waals surface area contributed by atoms with Crippen molar-refractivity contribution in [1.29, 1.82) is 0 Å². The van der Waals surface area contributed by atoms with Gasteiger partial charge in [-0.25, -0.2) is 9.59 Å². The third-order valence-electron chi connectivity index (χ3n) is 4.18. The summed E-state index contributed by atoms with van der Waals surface area (Å²) < 4.78 is 0. The number of amides is 2. The molecular weight excluding hydrogens is 244 g/mol. The number of hydrogen-bond donors (Lipinski definition) is 3. The summed E-state index contributed by atoms with van der Waals surface area (Å²) in [4.78, 5) is 23.0. The molecule has 0 bridgehead atoms. The van der Waals surface area contributed by atoms with Crippen molar-refractivity contribution in [3.05, 3.63) is 0 Å². The first-order valence-electron chi connectivity index (χ1n) is 6.97. The predicted octanol–water partition coefficient (Wildman–Crippen LogP) is 2.37. The molecule has 0 aromatic carbocycles. The normalized spacial score (nSPS) is 19.2. The zero-order valence-corrected chi connectivity index (χ0v) is 12.4. The molecule has 2 amide bonds. The van der Waals surface area contributed by atoms with Crippen LogP contribution in [-0.4, -0.2) is 29.7 Å². The zero-order chi connectivity index (χ0) is 14.7. The Morgan fingerprint density at radius 3 is 2.21 bits per heavy atom. The molecule has 5 nitrogen and oxygen atoms in total. The van der Waals surface area contributed by atoms with E-state index in [0.29, 0.717) is 6.54 Å². The number of aliphatic carboxylic acids is 1. The van der Waals surface area contributed by atoms with Crippen molar-refractivity contribution < 1.29 is 14.7 Å². The Hall–Kier alpha value is -1.26. The molecule has 3 N–H and O–H groups in total. The van der Waals surface area contributed by atoms with E-state index in [1.54, 1.807) is 20.8 Å². The zero-order valence-electron chi connectivity index (χ0n) is 12.4. The highest BCUT2D eigenvalue weighted by molar-refractivity contribution is 5.83. The summed E-state index contributed by atoms with van der Waals surface area (Å²) in [7, 11) is 0. The highest BCUT2D eigenvalue weighted by Gasteiger charge is 2.36. The molecule has 110 valence electrons. The molecule has 1 saturated carbocycles. The third-order valence-corrected chi connectivity index (χ3v) is 4.18. The lowest BCUT2D eigenvalue weighted by Gasteiger charge is -2.41. The summed E-state index contributed by atoms with van der Waals surface area (Å²) in [6.45, 7) is 8.16. The van der Waals surface area contributed by atoms with E-state index in [1.165, 1.54) is 6.42 Å². The topological polar surface area (TPSA) is 78.4 Å². The number of carbonyl (C=O) groups is 2. The van der Waals surface area contributed by atoms with Crippen LogP contribution in [0.1, 0.15) is 53.4 Å². The lowest BCUT2D eigenvalue weighted by molar-refractivity contribution is -0.141. The minimum Gasteiger partial charge on any atom is -0.480 e. The fraction of sp³-hybridized carbons (Fsp3) is 0.857. The van der Waals surface area contributed by atoms with Crippen LogP contribution >= 0.6 is 0 Å². The maximum absolute atomic E-state index is 11.8. The molecule has 0 aromatic heterocycles. The SMILES string of the molecule is CCC1(CNC(=O)N[C@H](C(=O)O)C(C)(C)C)CCC1. The lowest BCUT2D eigenvalue weighted by Crippen LogP contribution is -2.54. The summed E-state index contributed by atoms with van der Waals surface area (Å²) in [6.07, 6.45) is 4.56. The molecule has 1 atom stereocenters. The Labute approximate surface area is 115 Å². The summed E-state index contributed by atoms with van der Waals surface area (Å²) in [6, 6.07) is -1.27. The predicted molar refractivity (Wildman–Crippen MR) is 74.0 cm³/mol. The molecule has 0 heterocycles. The second kappa shape index (κ2) is 5.80. The van der Waals surface area contributed by atoms with Crippen molar-refractivity contribution in [2.45, 2.75) is 59.4 Å². The molecule has 0 spiro atoms. The van der Waals surface area contributed by atoms with Crippen molar-refractivity contribution in [2.24, 2.45) is 10.8 Å². The van der Waals surface area contributed by atoms with Gasteiger partial charge in [-0.15, -0.1) is 0 Å². The third kappa shape index (κ3) is 4.11. The van der Waals surface area contributed by atoms with Gasteiger partial charge in [-0.05, 0) is 30.1 Å². The molecule has 0 aromatic rings. The first-order chi connectivity index (χ1) is 8.70. The molecule has 1 rings (SSSR count). The number of nitrogens with one attached hydrogen (secondary N) is 2. The van der Waals surface area contributed by atoms with Crippen molar-refractivity contribution in [3.63, 3.8) is 0 Å². The fourth-order valence-corrected chi connectivity index (χ4v) is 2.43. The minimum absolute atomic E-state index is 0.234. The van der Waals surface area contributed by atoms with Gasteiger partial charge in [0.2, 0.25) is 0 Å². The maximum atomic E-state index is 11.8. The number of carboxylic acid groups (broad SMARTS) is 1. The van der Waals surface area contributed by atoms with Crippen molar-refractivity contribution >= 4 is 12.0 Å². The molecule has 1 aliphatic carbocycles. The van der Waals surface area contributed by atoms with Gasteiger partial charge in [0.25, 0.3) is 0 Å². The Balaban J connectivity index is 2.47. The molecule has 19 heavy (non-hydrogen) atoms. The van der Waals surface area contributed by atoms with Crippen LogP contribution in [0.15, 0.2) is 0 Å². The van der Waals surface area contributed by atoms with Crippen LogP contribution in [0.25, 0.3) is 0 Å². The summed E-state index contributed by atoms with van der Waals surface area (Å²) in [5.74, 6) is -1.00. The molecule has 1 fully saturated rings. The Morgan fingerprint density at radius 1 is 1.32 bits per heavy atom. The average Bonchev–Trinajstić information content (AvgIpc) is 2.23. The van der Waals surface area contributed by atoms with E-state index in [4.69, 9.17) is 5.11 Å². The van der Waals surface area contributed by atoms with Crippen molar-refractivity contribution in [1.82, 2.24) is 10.6 Å². The van der Waals surface area contributed by atoms with Gasteiger partial charge in [0, 0.05) is 6.54 Å². The quantitative estimate of drug-likeness (QED) is 0.717. The van der Waals surface area contributed by atoms with Gasteiger partial charge >= 0.3 is 12.0 Å². The van der Waals surface area contributed by atoms with Crippen LogP contribution in [0.2, 0.25) is 0 Å². The van der Waals surface area contributed by atoms with Crippen LogP contribution in [0.3, 0.4) is 0 Å². The average molecular weight is 270 g/mol.